The third-order valence-corrected chi connectivity index (χ3v) is 2.76. The molecule has 0 aliphatic heterocycles. The van der Waals surface area contributed by atoms with Crippen molar-refractivity contribution in [2.75, 3.05) is 0 Å². The molecule has 2 amide bonds. The molecular formula is C13H21N3O4. The number of rotatable bonds is 8. The number of oxazole rings is 1. The molecule has 0 bridgehead atoms. The standard InChI is InChI=1S/C13H21N3O4/c1-3-10-7-14-11(20-10)8-15-13(19)16-9(2)5-4-6-12(17)18/h7,9H,3-6,8H2,1-2H3,(H,17,18)(H2,15,16,19). The average molecular weight is 283 g/mol. The smallest absolute Gasteiger partial charge is 0.315 e. The summed E-state index contributed by atoms with van der Waals surface area (Å²) in [6.07, 6.45) is 3.68. The second kappa shape index (κ2) is 8.19. The van der Waals surface area contributed by atoms with Gasteiger partial charge in [-0.05, 0) is 19.8 Å². The number of aromatic nitrogens is 1. The molecule has 1 aromatic rings. The molecule has 0 aromatic carbocycles. The van der Waals surface area contributed by atoms with Crippen LogP contribution in [0.15, 0.2) is 10.6 Å². The third kappa shape index (κ3) is 6.21. The fourth-order valence-electron chi connectivity index (χ4n) is 1.66. The number of nitrogens with zero attached hydrogens (tertiary/aromatic N) is 1. The highest BCUT2D eigenvalue weighted by atomic mass is 16.4. The summed E-state index contributed by atoms with van der Waals surface area (Å²) in [6.45, 7) is 4.03. The highest BCUT2D eigenvalue weighted by Gasteiger charge is 2.09. The summed E-state index contributed by atoms with van der Waals surface area (Å²) in [6, 6.07) is -0.394. The van der Waals surface area contributed by atoms with E-state index in [1.54, 1.807) is 6.20 Å². The van der Waals surface area contributed by atoms with E-state index in [0.29, 0.717) is 18.7 Å². The van der Waals surface area contributed by atoms with Crippen molar-refractivity contribution in [3.63, 3.8) is 0 Å². The third-order valence-electron chi connectivity index (χ3n) is 2.76. The second-order valence-electron chi connectivity index (χ2n) is 4.59. The van der Waals surface area contributed by atoms with Crippen LogP contribution >= 0.6 is 0 Å². The Balaban J connectivity index is 2.20. The molecule has 0 aliphatic rings. The summed E-state index contributed by atoms with van der Waals surface area (Å²) in [4.78, 5) is 26.0. The van der Waals surface area contributed by atoms with Crippen LogP contribution in [0.4, 0.5) is 4.79 Å². The monoisotopic (exact) mass is 283 g/mol. The van der Waals surface area contributed by atoms with Gasteiger partial charge in [-0.2, -0.15) is 0 Å². The first-order valence-corrected chi connectivity index (χ1v) is 6.71. The van der Waals surface area contributed by atoms with Gasteiger partial charge in [0.2, 0.25) is 5.89 Å². The molecule has 0 saturated carbocycles. The van der Waals surface area contributed by atoms with Crippen LogP contribution in [0.2, 0.25) is 0 Å². The van der Waals surface area contributed by atoms with E-state index in [1.807, 2.05) is 13.8 Å². The highest BCUT2D eigenvalue weighted by molar-refractivity contribution is 5.74. The van der Waals surface area contributed by atoms with Gasteiger partial charge >= 0.3 is 12.0 Å². The van der Waals surface area contributed by atoms with E-state index >= 15 is 0 Å². The maximum absolute atomic E-state index is 11.6. The SMILES string of the molecule is CCc1cnc(CNC(=O)NC(C)CCCC(=O)O)o1. The summed E-state index contributed by atoms with van der Waals surface area (Å²) in [7, 11) is 0. The Bertz CT molecular complexity index is 445. The predicted octanol–water partition coefficient (Wildman–Crippen LogP) is 1.68. The van der Waals surface area contributed by atoms with Crippen LogP contribution in [-0.4, -0.2) is 28.1 Å². The quantitative estimate of drug-likeness (QED) is 0.673. The van der Waals surface area contributed by atoms with Gasteiger partial charge in [-0.15, -0.1) is 0 Å². The van der Waals surface area contributed by atoms with Crippen LogP contribution in [0.5, 0.6) is 0 Å². The molecule has 7 heteroatoms. The number of aryl methyl sites for hydroxylation is 1. The van der Waals surface area contributed by atoms with Crippen LogP contribution in [0.3, 0.4) is 0 Å². The van der Waals surface area contributed by atoms with Gasteiger partial charge in [-0.3, -0.25) is 4.79 Å². The number of nitrogens with one attached hydrogen (secondary N) is 2. The molecule has 7 nitrogen and oxygen atoms in total. The van der Waals surface area contributed by atoms with Gasteiger partial charge in [-0.1, -0.05) is 6.92 Å². The molecule has 1 heterocycles. The van der Waals surface area contributed by atoms with Crippen molar-refractivity contribution < 1.29 is 19.1 Å². The molecule has 20 heavy (non-hydrogen) atoms. The molecular weight excluding hydrogens is 262 g/mol. The zero-order chi connectivity index (χ0) is 15.0. The summed E-state index contributed by atoms with van der Waals surface area (Å²) in [5, 5.41) is 13.9. The van der Waals surface area contributed by atoms with Gasteiger partial charge in [0.1, 0.15) is 5.76 Å². The normalized spacial score (nSPS) is 11.9. The lowest BCUT2D eigenvalue weighted by molar-refractivity contribution is -0.137. The number of carbonyl (C=O) groups is 2. The molecule has 0 spiro atoms. The van der Waals surface area contributed by atoms with Gasteiger partial charge in [0, 0.05) is 18.9 Å². The van der Waals surface area contributed by atoms with Crippen molar-refractivity contribution in [1.82, 2.24) is 15.6 Å². The van der Waals surface area contributed by atoms with Crippen LogP contribution in [0, 0.1) is 0 Å². The number of amides is 2. The summed E-state index contributed by atoms with van der Waals surface area (Å²) >= 11 is 0. The van der Waals surface area contributed by atoms with E-state index in [9.17, 15) is 9.59 Å². The number of hydrogen-bond acceptors (Lipinski definition) is 4. The van der Waals surface area contributed by atoms with E-state index in [2.05, 4.69) is 15.6 Å². The molecule has 3 N–H and O–H groups in total. The van der Waals surface area contributed by atoms with Gasteiger partial charge in [0.05, 0.1) is 12.7 Å². The fraction of sp³-hybridized carbons (Fsp3) is 0.615. The average Bonchev–Trinajstić information content (AvgIpc) is 2.83. The van der Waals surface area contributed by atoms with Crippen molar-refractivity contribution in [3.05, 3.63) is 17.8 Å². The molecule has 0 fully saturated rings. The number of carbonyl (C=O) groups excluding carboxylic acids is 1. The molecule has 1 rings (SSSR count). The minimum atomic E-state index is -0.822. The number of carboxylic acid groups (broad SMARTS) is 1. The molecule has 0 aliphatic carbocycles. The van der Waals surface area contributed by atoms with Crippen LogP contribution in [0.25, 0.3) is 0 Å². The first-order chi connectivity index (χ1) is 9.51. The maximum atomic E-state index is 11.6. The Morgan fingerprint density at radius 3 is 2.85 bits per heavy atom. The summed E-state index contributed by atoms with van der Waals surface area (Å²) < 4.78 is 5.36. The van der Waals surface area contributed by atoms with Crippen molar-refractivity contribution in [3.8, 4) is 0 Å². The van der Waals surface area contributed by atoms with E-state index < -0.39 is 5.97 Å². The van der Waals surface area contributed by atoms with Gasteiger partial charge in [-0.25, -0.2) is 9.78 Å². The number of carboxylic acids is 1. The van der Waals surface area contributed by atoms with Crippen molar-refractivity contribution in [2.45, 2.75) is 52.1 Å². The van der Waals surface area contributed by atoms with Crippen molar-refractivity contribution in [2.24, 2.45) is 0 Å². The zero-order valence-corrected chi connectivity index (χ0v) is 11.8. The number of hydrogen-bond donors (Lipinski definition) is 3. The van der Waals surface area contributed by atoms with E-state index in [4.69, 9.17) is 9.52 Å². The number of aliphatic carboxylic acids is 1. The minimum Gasteiger partial charge on any atom is -0.481 e. The first kappa shape index (κ1) is 16.0. The second-order valence-corrected chi connectivity index (χ2v) is 4.59. The van der Waals surface area contributed by atoms with Crippen molar-refractivity contribution in [1.29, 1.82) is 0 Å². The molecule has 112 valence electrons. The Morgan fingerprint density at radius 1 is 1.50 bits per heavy atom. The van der Waals surface area contributed by atoms with Crippen molar-refractivity contribution >= 4 is 12.0 Å². The zero-order valence-electron chi connectivity index (χ0n) is 11.8. The lowest BCUT2D eigenvalue weighted by Crippen LogP contribution is -2.40. The molecule has 0 radical (unpaired) electrons. The number of urea groups is 1. The lowest BCUT2D eigenvalue weighted by atomic mass is 10.1. The minimum absolute atomic E-state index is 0.0786. The Hall–Kier alpha value is -2.05. The van der Waals surface area contributed by atoms with Gasteiger partial charge in [0.15, 0.2) is 0 Å². The lowest BCUT2D eigenvalue weighted by Gasteiger charge is -2.13. The first-order valence-electron chi connectivity index (χ1n) is 6.71. The van der Waals surface area contributed by atoms with Crippen LogP contribution in [0.1, 0.15) is 44.8 Å². The van der Waals surface area contributed by atoms with Gasteiger partial charge < -0.3 is 20.2 Å². The van der Waals surface area contributed by atoms with Gasteiger partial charge in [0.25, 0.3) is 0 Å². The van der Waals surface area contributed by atoms with E-state index in [1.165, 1.54) is 0 Å². The fourth-order valence-corrected chi connectivity index (χ4v) is 1.66. The van der Waals surface area contributed by atoms with E-state index in [-0.39, 0.29) is 25.0 Å². The van der Waals surface area contributed by atoms with Crippen LogP contribution < -0.4 is 10.6 Å². The Morgan fingerprint density at radius 2 is 2.25 bits per heavy atom. The molecule has 1 unspecified atom stereocenters. The molecule has 0 saturated heterocycles. The summed E-state index contributed by atoms with van der Waals surface area (Å²) in [5.74, 6) is 0.428. The van der Waals surface area contributed by atoms with E-state index in [0.717, 1.165) is 12.2 Å². The Kier molecular flexibility index (Phi) is 6.55. The highest BCUT2D eigenvalue weighted by Crippen LogP contribution is 2.04. The maximum Gasteiger partial charge on any atom is 0.315 e. The molecule has 1 atom stereocenters. The largest absolute Gasteiger partial charge is 0.481 e. The Labute approximate surface area is 117 Å². The van der Waals surface area contributed by atoms with Crippen LogP contribution in [-0.2, 0) is 17.8 Å². The topological polar surface area (TPSA) is 104 Å². The molecule has 1 aromatic heterocycles. The summed E-state index contributed by atoms with van der Waals surface area (Å²) in [5.41, 5.74) is 0. The predicted molar refractivity (Wildman–Crippen MR) is 72.2 cm³/mol.